The van der Waals surface area contributed by atoms with Crippen LogP contribution in [0.1, 0.15) is 71.1 Å². The fourth-order valence-electron chi connectivity index (χ4n) is 5.94. The first-order chi connectivity index (χ1) is 19.2. The quantitative estimate of drug-likeness (QED) is 0.484. The second-order valence-corrected chi connectivity index (χ2v) is 11.2. The predicted molar refractivity (Wildman–Crippen MR) is 151 cm³/mol. The fourth-order valence-corrected chi connectivity index (χ4v) is 5.94. The summed E-state index contributed by atoms with van der Waals surface area (Å²) in [6, 6.07) is 8.76. The largest absolute Gasteiger partial charge is 0.491 e. The second kappa shape index (κ2) is 11.3. The molecule has 10 nitrogen and oxygen atoms in total. The van der Waals surface area contributed by atoms with Crippen molar-refractivity contribution in [2.24, 2.45) is 12.5 Å². The lowest BCUT2D eigenvalue weighted by molar-refractivity contribution is -0.135. The maximum Gasteiger partial charge on any atom is 0.255 e. The summed E-state index contributed by atoms with van der Waals surface area (Å²) in [5.74, 6) is 0.306. The Bertz CT molecular complexity index is 1440. The minimum absolute atomic E-state index is 0.00956. The van der Waals surface area contributed by atoms with Gasteiger partial charge >= 0.3 is 0 Å². The number of fused-ring (bicyclic) bond motifs is 2. The van der Waals surface area contributed by atoms with Crippen molar-refractivity contribution >= 4 is 28.8 Å². The third-order valence-corrected chi connectivity index (χ3v) is 8.18. The van der Waals surface area contributed by atoms with Gasteiger partial charge in [0.2, 0.25) is 5.91 Å². The molecule has 212 valence electrons. The molecular formula is C30H38N6O4. The van der Waals surface area contributed by atoms with Crippen molar-refractivity contribution in [2.45, 2.75) is 58.9 Å². The van der Waals surface area contributed by atoms with Crippen molar-refractivity contribution in [1.82, 2.24) is 30.3 Å². The van der Waals surface area contributed by atoms with Gasteiger partial charge in [0.1, 0.15) is 12.4 Å². The lowest BCUT2D eigenvalue weighted by Crippen LogP contribution is -2.52. The van der Waals surface area contributed by atoms with Crippen LogP contribution in [-0.2, 0) is 11.8 Å². The highest BCUT2D eigenvalue weighted by Crippen LogP contribution is 2.38. The molecule has 1 fully saturated rings. The van der Waals surface area contributed by atoms with Crippen LogP contribution in [0.4, 0.5) is 0 Å². The van der Waals surface area contributed by atoms with Crippen LogP contribution in [0.2, 0.25) is 0 Å². The summed E-state index contributed by atoms with van der Waals surface area (Å²) < 4.78 is 7.67. The van der Waals surface area contributed by atoms with Crippen LogP contribution < -0.4 is 15.4 Å². The number of nitrogens with one attached hydrogen (secondary N) is 2. The van der Waals surface area contributed by atoms with Crippen molar-refractivity contribution in [2.75, 3.05) is 26.2 Å². The summed E-state index contributed by atoms with van der Waals surface area (Å²) in [5, 5.41) is 11.4. The molecule has 1 saturated heterocycles. The lowest BCUT2D eigenvalue weighted by Gasteiger charge is -2.41. The Labute approximate surface area is 234 Å². The Morgan fingerprint density at radius 2 is 1.85 bits per heavy atom. The van der Waals surface area contributed by atoms with Gasteiger partial charge in [0, 0.05) is 32.4 Å². The van der Waals surface area contributed by atoms with Crippen molar-refractivity contribution < 1.29 is 19.1 Å². The van der Waals surface area contributed by atoms with Crippen LogP contribution in [0.3, 0.4) is 0 Å². The van der Waals surface area contributed by atoms with Crippen LogP contribution in [0.15, 0.2) is 30.3 Å². The number of carbonyl (C=O) groups is 3. The standard InChI is InChI=1S/C30H38N6O4/c1-19-17-23(25-21(3)34-35(4)26(25)32-19)28(38)36-15-12-30(13-16-36)11-7-8-14-31-27(37)22-9-5-6-10-24(22)40-18-20(2)33-29(30)39/h5-6,9-10,17,20H,7-8,11-16,18H2,1-4H3,(H,31,37)(H,33,39)/t20-/m1/s1. The van der Waals surface area contributed by atoms with E-state index < -0.39 is 5.41 Å². The zero-order valence-corrected chi connectivity index (χ0v) is 23.7. The molecule has 0 saturated carbocycles. The monoisotopic (exact) mass is 546 g/mol. The maximum absolute atomic E-state index is 13.7. The SMILES string of the molecule is Cc1cc(C(=O)N2CCC3(CCCCNC(=O)c4ccccc4OC[C@@H](C)NC3=O)CC2)c2c(C)nn(C)c2n1. The van der Waals surface area contributed by atoms with Gasteiger partial charge in [-0.3, -0.25) is 19.1 Å². The number of hydrogen-bond acceptors (Lipinski definition) is 6. The molecule has 3 aromatic rings. The molecule has 0 bridgehead atoms. The Kier molecular flexibility index (Phi) is 7.78. The van der Waals surface area contributed by atoms with Crippen LogP contribution in [-0.4, -0.2) is 69.7 Å². The highest BCUT2D eigenvalue weighted by atomic mass is 16.5. The van der Waals surface area contributed by atoms with E-state index in [0.717, 1.165) is 29.6 Å². The van der Waals surface area contributed by atoms with E-state index in [1.54, 1.807) is 16.8 Å². The van der Waals surface area contributed by atoms with E-state index in [2.05, 4.69) is 20.7 Å². The zero-order chi connectivity index (χ0) is 28.4. The number of likely N-dealkylation sites (tertiary alicyclic amines) is 1. The number of aromatic nitrogens is 3. The molecule has 0 aliphatic carbocycles. The fraction of sp³-hybridized carbons (Fsp3) is 0.500. The molecule has 5 rings (SSSR count). The van der Waals surface area contributed by atoms with Crippen molar-refractivity contribution in [3.05, 3.63) is 52.8 Å². The molecule has 4 heterocycles. The lowest BCUT2D eigenvalue weighted by atomic mass is 9.73. The Hall–Kier alpha value is -3.95. The number of rotatable bonds is 1. The first-order valence-electron chi connectivity index (χ1n) is 14.1. The van der Waals surface area contributed by atoms with Crippen LogP contribution >= 0.6 is 0 Å². The number of benzene rings is 1. The van der Waals surface area contributed by atoms with Gasteiger partial charge in [-0.2, -0.15) is 5.10 Å². The number of carbonyl (C=O) groups excluding carboxylic acids is 3. The molecular weight excluding hydrogens is 508 g/mol. The summed E-state index contributed by atoms with van der Waals surface area (Å²) >= 11 is 0. The van der Waals surface area contributed by atoms with Crippen LogP contribution in [0.25, 0.3) is 11.0 Å². The molecule has 2 aliphatic rings. The molecule has 2 aliphatic heterocycles. The van der Waals surface area contributed by atoms with E-state index in [1.807, 2.05) is 50.9 Å². The van der Waals surface area contributed by atoms with Crippen LogP contribution in [0, 0.1) is 19.3 Å². The summed E-state index contributed by atoms with van der Waals surface area (Å²) in [5.41, 5.74) is 2.77. The van der Waals surface area contributed by atoms with Crippen molar-refractivity contribution in [1.29, 1.82) is 0 Å². The number of ether oxygens (including phenoxy) is 1. The Balaban J connectivity index is 1.32. The van der Waals surface area contributed by atoms with Gasteiger partial charge in [0.05, 0.1) is 33.7 Å². The number of pyridine rings is 1. The molecule has 3 amide bonds. The summed E-state index contributed by atoms with van der Waals surface area (Å²) in [4.78, 5) is 46.7. The Morgan fingerprint density at radius 1 is 1.10 bits per heavy atom. The number of para-hydroxylation sites is 1. The summed E-state index contributed by atoms with van der Waals surface area (Å²) in [6.45, 7) is 7.44. The first kappa shape index (κ1) is 27.6. The van der Waals surface area contributed by atoms with Gasteiger partial charge in [-0.1, -0.05) is 18.6 Å². The summed E-state index contributed by atoms with van der Waals surface area (Å²) in [6.07, 6.45) is 3.41. The van der Waals surface area contributed by atoms with Gasteiger partial charge in [-0.25, -0.2) is 4.98 Å². The molecule has 0 unspecified atom stereocenters. The first-order valence-corrected chi connectivity index (χ1v) is 14.1. The number of piperidine rings is 1. The number of aryl methyl sites for hydroxylation is 3. The van der Waals surface area contributed by atoms with Gasteiger partial charge in [0.25, 0.3) is 11.8 Å². The average molecular weight is 547 g/mol. The van der Waals surface area contributed by atoms with Crippen molar-refractivity contribution in [3.63, 3.8) is 0 Å². The van der Waals surface area contributed by atoms with Crippen molar-refractivity contribution in [3.8, 4) is 5.75 Å². The third kappa shape index (κ3) is 5.39. The van der Waals surface area contributed by atoms with Gasteiger partial charge in [0.15, 0.2) is 5.65 Å². The summed E-state index contributed by atoms with van der Waals surface area (Å²) in [7, 11) is 1.84. The van der Waals surface area contributed by atoms with E-state index in [4.69, 9.17) is 4.74 Å². The third-order valence-electron chi connectivity index (χ3n) is 8.18. The molecule has 2 aromatic heterocycles. The van der Waals surface area contributed by atoms with Gasteiger partial charge in [-0.15, -0.1) is 0 Å². The van der Waals surface area contributed by atoms with E-state index >= 15 is 0 Å². The number of nitrogens with zero attached hydrogens (tertiary/aromatic N) is 4. The van der Waals surface area contributed by atoms with E-state index in [-0.39, 0.29) is 30.4 Å². The minimum Gasteiger partial charge on any atom is -0.491 e. The second-order valence-electron chi connectivity index (χ2n) is 11.2. The average Bonchev–Trinajstić information content (AvgIpc) is 3.23. The molecule has 1 atom stereocenters. The maximum atomic E-state index is 13.7. The molecule has 0 radical (unpaired) electrons. The highest BCUT2D eigenvalue weighted by molar-refractivity contribution is 6.06. The molecule has 1 aromatic carbocycles. The normalized spacial score (nSPS) is 20.3. The van der Waals surface area contributed by atoms with Gasteiger partial charge in [-0.05, 0) is 64.7 Å². The van der Waals surface area contributed by atoms with Gasteiger partial charge < -0.3 is 20.3 Å². The highest BCUT2D eigenvalue weighted by Gasteiger charge is 2.42. The predicted octanol–water partition coefficient (Wildman–Crippen LogP) is 3.30. The molecule has 2 N–H and O–H groups in total. The Morgan fingerprint density at radius 3 is 2.62 bits per heavy atom. The van der Waals surface area contributed by atoms with E-state index in [9.17, 15) is 14.4 Å². The van der Waals surface area contributed by atoms with Crippen LogP contribution in [0.5, 0.6) is 5.75 Å². The molecule has 10 heteroatoms. The number of amides is 3. The topological polar surface area (TPSA) is 118 Å². The minimum atomic E-state index is -0.579. The smallest absolute Gasteiger partial charge is 0.255 e. The zero-order valence-electron chi connectivity index (χ0n) is 23.7. The molecule has 1 spiro atoms. The van der Waals surface area contributed by atoms with E-state index in [1.165, 1.54) is 0 Å². The molecule has 40 heavy (non-hydrogen) atoms. The van der Waals surface area contributed by atoms with E-state index in [0.29, 0.717) is 61.4 Å². The number of hydrogen-bond donors (Lipinski definition) is 2.